The van der Waals surface area contributed by atoms with Gasteiger partial charge in [0, 0.05) is 32.8 Å². The molecule has 2 aromatic rings. The van der Waals surface area contributed by atoms with Crippen LogP contribution in [0.3, 0.4) is 0 Å². The lowest BCUT2D eigenvalue weighted by Gasteiger charge is -2.41. The van der Waals surface area contributed by atoms with Crippen LogP contribution in [0, 0.1) is 6.92 Å². The molecule has 1 fully saturated rings. The van der Waals surface area contributed by atoms with Crippen molar-refractivity contribution in [2.24, 2.45) is 0 Å². The second-order valence-electron chi connectivity index (χ2n) is 5.93. The van der Waals surface area contributed by atoms with Crippen molar-refractivity contribution < 1.29 is 9.59 Å². The summed E-state index contributed by atoms with van der Waals surface area (Å²) in [6.45, 7) is 4.90. The first-order valence-electron chi connectivity index (χ1n) is 7.96. The third-order valence-electron chi connectivity index (χ3n) is 4.27. The second-order valence-corrected chi connectivity index (χ2v) is 5.93. The Balaban J connectivity index is 1.90. The topological polar surface area (TPSA) is 66.4 Å². The Kier molecular flexibility index (Phi) is 4.55. The maximum atomic E-state index is 12.9. The van der Waals surface area contributed by atoms with Crippen LogP contribution in [0.2, 0.25) is 0 Å². The summed E-state index contributed by atoms with van der Waals surface area (Å²) >= 11 is 0. The Morgan fingerprint density at radius 3 is 2.46 bits per heavy atom. The van der Waals surface area contributed by atoms with Crippen molar-refractivity contribution in [3.63, 3.8) is 0 Å². The quantitative estimate of drug-likeness (QED) is 0.845. The van der Waals surface area contributed by atoms with Gasteiger partial charge in [-0.15, -0.1) is 0 Å². The summed E-state index contributed by atoms with van der Waals surface area (Å²) in [5.41, 5.74) is 2.11. The van der Waals surface area contributed by atoms with Crippen LogP contribution >= 0.6 is 0 Å². The van der Waals surface area contributed by atoms with Gasteiger partial charge in [-0.05, 0) is 12.5 Å². The lowest BCUT2D eigenvalue weighted by atomic mass is 10.0. The van der Waals surface area contributed by atoms with E-state index in [-0.39, 0.29) is 17.9 Å². The lowest BCUT2D eigenvalue weighted by molar-refractivity contribution is -0.131. The van der Waals surface area contributed by atoms with Crippen LogP contribution in [0.4, 0.5) is 0 Å². The maximum absolute atomic E-state index is 12.9. The molecule has 6 heteroatoms. The molecule has 2 amide bonds. The molecule has 1 saturated heterocycles. The molecule has 0 saturated carbocycles. The number of benzene rings is 1. The minimum atomic E-state index is -0.181. The van der Waals surface area contributed by atoms with Gasteiger partial charge in [0.25, 0.3) is 5.91 Å². The van der Waals surface area contributed by atoms with Gasteiger partial charge in [-0.3, -0.25) is 14.6 Å². The van der Waals surface area contributed by atoms with Gasteiger partial charge in [-0.2, -0.15) is 0 Å². The van der Waals surface area contributed by atoms with Crippen LogP contribution in [0.25, 0.3) is 0 Å². The van der Waals surface area contributed by atoms with Gasteiger partial charge < -0.3 is 9.80 Å². The molecule has 24 heavy (non-hydrogen) atoms. The highest BCUT2D eigenvalue weighted by molar-refractivity contribution is 5.92. The van der Waals surface area contributed by atoms with Crippen LogP contribution in [0.1, 0.15) is 34.7 Å². The minimum absolute atomic E-state index is 0.0261. The first-order valence-corrected chi connectivity index (χ1v) is 7.96. The number of carbonyl (C=O) groups is 2. The van der Waals surface area contributed by atoms with E-state index < -0.39 is 0 Å². The van der Waals surface area contributed by atoms with Crippen LogP contribution in [0.5, 0.6) is 0 Å². The zero-order chi connectivity index (χ0) is 17.1. The van der Waals surface area contributed by atoms with E-state index >= 15 is 0 Å². The molecule has 1 aliphatic heterocycles. The third-order valence-corrected chi connectivity index (χ3v) is 4.27. The number of aromatic nitrogens is 2. The number of hydrogen-bond donors (Lipinski definition) is 0. The maximum Gasteiger partial charge on any atom is 0.274 e. The summed E-state index contributed by atoms with van der Waals surface area (Å²) in [5.74, 6) is -0.127. The fraction of sp³-hybridized carbons (Fsp3) is 0.333. The van der Waals surface area contributed by atoms with E-state index in [9.17, 15) is 9.59 Å². The van der Waals surface area contributed by atoms with Gasteiger partial charge in [0.05, 0.1) is 17.9 Å². The van der Waals surface area contributed by atoms with Gasteiger partial charge >= 0.3 is 0 Å². The Bertz CT molecular complexity index is 730. The smallest absolute Gasteiger partial charge is 0.274 e. The summed E-state index contributed by atoms with van der Waals surface area (Å²) in [4.78, 5) is 36.6. The molecule has 6 nitrogen and oxygen atoms in total. The second kappa shape index (κ2) is 6.78. The van der Waals surface area contributed by atoms with Crippen LogP contribution in [-0.4, -0.2) is 51.2 Å². The molecule has 3 rings (SSSR count). The van der Waals surface area contributed by atoms with Crippen molar-refractivity contribution in [2.45, 2.75) is 19.9 Å². The highest BCUT2D eigenvalue weighted by Gasteiger charge is 2.33. The van der Waals surface area contributed by atoms with Gasteiger partial charge in [0.1, 0.15) is 5.69 Å². The molecular weight excluding hydrogens is 304 g/mol. The molecule has 0 N–H and O–H groups in total. The molecule has 0 spiro atoms. The lowest BCUT2D eigenvalue weighted by Crippen LogP contribution is -2.52. The first kappa shape index (κ1) is 16.1. The van der Waals surface area contributed by atoms with Crippen molar-refractivity contribution in [2.75, 3.05) is 19.6 Å². The number of amides is 2. The van der Waals surface area contributed by atoms with E-state index in [0.29, 0.717) is 25.3 Å². The Labute approximate surface area is 141 Å². The molecular formula is C18H20N4O2. The SMILES string of the molecule is CC(=O)N1CCN(C(=O)c2cnc(C)cn2)[C@@H](c2ccccc2)C1. The number of carbonyl (C=O) groups excluding carboxylic acids is 2. The molecule has 0 radical (unpaired) electrons. The number of aryl methyl sites for hydroxylation is 1. The van der Waals surface area contributed by atoms with Crippen LogP contribution in [-0.2, 0) is 4.79 Å². The number of hydrogen-bond acceptors (Lipinski definition) is 4. The Hall–Kier alpha value is -2.76. The predicted octanol–water partition coefficient (Wildman–Crippen LogP) is 1.83. The first-order chi connectivity index (χ1) is 11.6. The van der Waals surface area contributed by atoms with Gasteiger partial charge in [-0.25, -0.2) is 4.98 Å². The minimum Gasteiger partial charge on any atom is -0.339 e. The van der Waals surface area contributed by atoms with Gasteiger partial charge in [0.2, 0.25) is 5.91 Å². The van der Waals surface area contributed by atoms with E-state index in [4.69, 9.17) is 0 Å². The average Bonchev–Trinajstić information content (AvgIpc) is 2.62. The van der Waals surface area contributed by atoms with E-state index in [2.05, 4.69) is 9.97 Å². The summed E-state index contributed by atoms with van der Waals surface area (Å²) < 4.78 is 0. The highest BCUT2D eigenvalue weighted by Crippen LogP contribution is 2.26. The molecule has 0 bridgehead atoms. The standard InChI is InChI=1S/C18H20N4O2/c1-13-10-20-16(11-19-13)18(24)22-9-8-21(14(2)23)12-17(22)15-6-4-3-5-7-15/h3-7,10-11,17H,8-9,12H2,1-2H3/t17-/m1/s1. The van der Waals surface area contributed by atoms with Crippen LogP contribution in [0.15, 0.2) is 42.7 Å². The van der Waals surface area contributed by atoms with E-state index in [1.54, 1.807) is 22.9 Å². The van der Waals surface area contributed by atoms with E-state index in [1.807, 2.05) is 37.3 Å². The van der Waals surface area contributed by atoms with Crippen LogP contribution < -0.4 is 0 Å². The van der Waals surface area contributed by atoms with Gasteiger partial charge in [-0.1, -0.05) is 30.3 Å². The normalized spacial score (nSPS) is 17.7. The zero-order valence-corrected chi connectivity index (χ0v) is 13.8. The summed E-state index contributed by atoms with van der Waals surface area (Å²) in [6, 6.07) is 9.60. The molecule has 1 aromatic carbocycles. The average molecular weight is 324 g/mol. The molecule has 1 aliphatic rings. The summed E-state index contributed by atoms with van der Waals surface area (Å²) in [5, 5.41) is 0. The third kappa shape index (κ3) is 3.27. The highest BCUT2D eigenvalue weighted by atomic mass is 16.2. The predicted molar refractivity (Wildman–Crippen MR) is 89.2 cm³/mol. The molecule has 0 unspecified atom stereocenters. The Morgan fingerprint density at radius 1 is 1.08 bits per heavy atom. The largest absolute Gasteiger partial charge is 0.339 e. The van der Waals surface area contributed by atoms with Crippen molar-refractivity contribution in [1.29, 1.82) is 0 Å². The summed E-state index contributed by atoms with van der Waals surface area (Å²) in [7, 11) is 0. The van der Waals surface area contributed by atoms with Crippen molar-refractivity contribution in [3.05, 3.63) is 59.7 Å². The molecule has 2 heterocycles. The molecule has 0 aliphatic carbocycles. The molecule has 124 valence electrons. The monoisotopic (exact) mass is 324 g/mol. The van der Waals surface area contributed by atoms with Crippen molar-refractivity contribution >= 4 is 11.8 Å². The number of piperazine rings is 1. The van der Waals surface area contributed by atoms with E-state index in [0.717, 1.165) is 11.3 Å². The molecule has 1 aromatic heterocycles. The van der Waals surface area contributed by atoms with E-state index in [1.165, 1.54) is 6.20 Å². The fourth-order valence-corrected chi connectivity index (χ4v) is 2.92. The van der Waals surface area contributed by atoms with Crippen molar-refractivity contribution in [1.82, 2.24) is 19.8 Å². The zero-order valence-electron chi connectivity index (χ0n) is 13.8. The number of nitrogens with zero attached hydrogens (tertiary/aromatic N) is 4. The molecule has 1 atom stereocenters. The number of rotatable bonds is 2. The summed E-state index contributed by atoms with van der Waals surface area (Å²) in [6.07, 6.45) is 3.10. The Morgan fingerprint density at radius 2 is 1.83 bits per heavy atom. The van der Waals surface area contributed by atoms with Gasteiger partial charge in [0.15, 0.2) is 0 Å². The fourth-order valence-electron chi connectivity index (χ4n) is 2.92. The van der Waals surface area contributed by atoms with Crippen molar-refractivity contribution in [3.8, 4) is 0 Å².